The van der Waals surface area contributed by atoms with Crippen LogP contribution < -0.4 is 20.1 Å². The largest absolute Gasteiger partial charge is 0.497 e. The molecule has 0 bridgehead atoms. The zero-order chi connectivity index (χ0) is 28.7. The third-order valence-electron chi connectivity index (χ3n) is 6.52. The maximum absolute atomic E-state index is 12.7. The van der Waals surface area contributed by atoms with Crippen LogP contribution in [0.1, 0.15) is 34.5 Å². The highest BCUT2D eigenvalue weighted by Gasteiger charge is 2.39. The topological polar surface area (TPSA) is 131 Å². The Morgan fingerprint density at radius 2 is 1.75 bits per heavy atom. The Kier molecular flexibility index (Phi) is 8.83. The Bertz CT molecular complexity index is 1410. The number of aromatic amines is 1. The van der Waals surface area contributed by atoms with Gasteiger partial charge in [0.15, 0.2) is 0 Å². The predicted octanol–water partition coefficient (Wildman–Crippen LogP) is 2.71. The molecule has 0 aliphatic carbocycles. The molecule has 2 aliphatic rings. The van der Waals surface area contributed by atoms with Crippen LogP contribution >= 0.6 is 0 Å². The van der Waals surface area contributed by atoms with Gasteiger partial charge in [0.2, 0.25) is 0 Å². The molecule has 0 atom stereocenters. The lowest BCUT2D eigenvalue weighted by atomic mass is 10.2. The molecule has 0 saturated carbocycles. The average Bonchev–Trinajstić information content (AvgIpc) is 3.52. The van der Waals surface area contributed by atoms with Crippen molar-refractivity contribution in [2.45, 2.75) is 19.0 Å². The fourth-order valence-corrected chi connectivity index (χ4v) is 4.46. The minimum absolute atomic E-state index is 0.0960. The van der Waals surface area contributed by atoms with E-state index in [9.17, 15) is 22.8 Å². The average molecular weight is 557 g/mol. The van der Waals surface area contributed by atoms with Gasteiger partial charge in [0.1, 0.15) is 28.9 Å². The minimum atomic E-state index is -4.64. The number of hydrogen-bond acceptors (Lipinski definition) is 9. The van der Waals surface area contributed by atoms with Crippen LogP contribution in [-0.4, -0.2) is 77.4 Å². The Hall–Kier alpha value is -4.67. The van der Waals surface area contributed by atoms with Gasteiger partial charge in [-0.25, -0.2) is 10.1 Å². The predicted molar refractivity (Wildman–Crippen MR) is 139 cm³/mol. The second-order valence-electron chi connectivity index (χ2n) is 9.03. The number of carbonyl (C=O) groups is 1. The van der Waals surface area contributed by atoms with Crippen LogP contribution in [-0.2, 0) is 6.18 Å². The van der Waals surface area contributed by atoms with Crippen molar-refractivity contribution < 1.29 is 22.7 Å². The van der Waals surface area contributed by atoms with Crippen LogP contribution in [0.25, 0.3) is 0 Å². The number of anilines is 2. The zero-order valence-electron chi connectivity index (χ0n) is 21.7. The number of pyridine rings is 2. The first kappa shape index (κ1) is 28.3. The first-order valence-electron chi connectivity index (χ1n) is 12.5. The third kappa shape index (κ3) is 6.66. The molecule has 1 amide bonds. The number of aromatic nitrogens is 4. The number of nitriles is 1. The fourth-order valence-electron chi connectivity index (χ4n) is 4.46. The van der Waals surface area contributed by atoms with E-state index in [2.05, 4.69) is 26.0 Å². The molecule has 0 unspecified atom stereocenters. The molecule has 40 heavy (non-hydrogen) atoms. The van der Waals surface area contributed by atoms with Crippen molar-refractivity contribution in [3.8, 4) is 11.8 Å². The summed E-state index contributed by atoms with van der Waals surface area (Å²) in [5.74, 6) is 1.34. The molecular weight excluding hydrogens is 529 g/mol. The number of H-pyrrole nitrogens is 1. The smallest absolute Gasteiger partial charge is 0.423 e. The van der Waals surface area contributed by atoms with Crippen molar-refractivity contribution in [3.63, 3.8) is 0 Å². The minimum Gasteiger partial charge on any atom is -0.497 e. The summed E-state index contributed by atoms with van der Waals surface area (Å²) in [7, 11) is 1.56. The second kappa shape index (κ2) is 12.5. The number of halogens is 3. The molecule has 2 saturated heterocycles. The molecule has 2 fully saturated rings. The summed E-state index contributed by atoms with van der Waals surface area (Å²) in [6.07, 6.45) is 1.23. The Balaban J connectivity index is 0.000000201. The molecule has 1 N–H and O–H groups in total. The lowest BCUT2D eigenvalue weighted by Gasteiger charge is -2.35. The van der Waals surface area contributed by atoms with E-state index in [1.165, 1.54) is 0 Å². The van der Waals surface area contributed by atoms with Crippen molar-refractivity contribution in [2.75, 3.05) is 56.2 Å². The first-order valence-corrected chi connectivity index (χ1v) is 12.5. The molecule has 3 aromatic rings. The van der Waals surface area contributed by atoms with Gasteiger partial charge in [-0.2, -0.15) is 23.5 Å². The summed E-state index contributed by atoms with van der Waals surface area (Å²) in [6.45, 7) is 3.64. The molecule has 0 spiro atoms. The molecule has 11 nitrogen and oxygen atoms in total. The van der Waals surface area contributed by atoms with Crippen LogP contribution in [0.4, 0.5) is 24.7 Å². The van der Waals surface area contributed by atoms with Gasteiger partial charge in [-0.15, -0.1) is 0 Å². The van der Waals surface area contributed by atoms with E-state index in [-0.39, 0.29) is 11.6 Å². The van der Waals surface area contributed by atoms with Crippen LogP contribution in [0.5, 0.6) is 5.75 Å². The molecule has 3 aromatic heterocycles. The zero-order valence-corrected chi connectivity index (χ0v) is 21.7. The molecule has 0 radical (unpaired) electrons. The van der Waals surface area contributed by atoms with Crippen molar-refractivity contribution in [3.05, 3.63) is 70.0 Å². The number of alkyl halides is 3. The van der Waals surface area contributed by atoms with Crippen LogP contribution in [0.15, 0.2) is 47.7 Å². The quantitative estimate of drug-likeness (QED) is 0.515. The summed E-state index contributed by atoms with van der Waals surface area (Å²) in [6, 6.07) is 9.00. The number of ether oxygens (including phenoxy) is 1. The van der Waals surface area contributed by atoms with E-state index in [1.54, 1.807) is 47.5 Å². The Labute approximate surface area is 227 Å². The number of amides is 1. The number of rotatable bonds is 4. The van der Waals surface area contributed by atoms with E-state index < -0.39 is 17.3 Å². The van der Waals surface area contributed by atoms with Gasteiger partial charge in [0.25, 0.3) is 11.5 Å². The van der Waals surface area contributed by atoms with E-state index in [4.69, 9.17) is 10.00 Å². The summed E-state index contributed by atoms with van der Waals surface area (Å²) < 4.78 is 43.2. The number of nitrogens with zero attached hydrogens (tertiary/aromatic N) is 7. The monoisotopic (exact) mass is 556 g/mol. The van der Waals surface area contributed by atoms with Crippen molar-refractivity contribution in [1.82, 2.24) is 25.1 Å². The molecule has 5 heterocycles. The van der Waals surface area contributed by atoms with Crippen molar-refractivity contribution in [1.29, 1.82) is 5.26 Å². The molecule has 5 rings (SSSR count). The van der Waals surface area contributed by atoms with Crippen LogP contribution in [0, 0.1) is 11.3 Å². The number of nitrogens with one attached hydrogen (secondary N) is 1. The van der Waals surface area contributed by atoms with Gasteiger partial charge in [-0.05, 0) is 31.0 Å². The standard InChI is InChI=1S/C17H17N5O2.C9H10F3N3O/c1-24-14-4-5-19-15(10-14)17(23)22-8-6-21(7-9-22)16-3-2-13(11-18)12-20-16;10-9(11,12)7-6(5-13-14-8(7)16)15-3-1-2-4-15/h2-5,10,12H,6-9H2,1H3;5H,1-4H2,(H,14,16). The highest BCUT2D eigenvalue weighted by molar-refractivity contribution is 5.92. The van der Waals surface area contributed by atoms with Crippen LogP contribution in [0.3, 0.4) is 0 Å². The van der Waals surface area contributed by atoms with E-state index in [0.717, 1.165) is 24.9 Å². The van der Waals surface area contributed by atoms with Gasteiger partial charge in [0.05, 0.1) is 24.6 Å². The van der Waals surface area contributed by atoms with Gasteiger partial charge in [0, 0.05) is 57.7 Å². The van der Waals surface area contributed by atoms with E-state index in [0.29, 0.717) is 56.3 Å². The number of methoxy groups -OCH3 is 1. The molecule has 210 valence electrons. The highest BCUT2D eigenvalue weighted by Crippen LogP contribution is 2.34. The number of carbonyl (C=O) groups excluding carboxylic acids is 1. The number of piperazine rings is 1. The van der Waals surface area contributed by atoms with Gasteiger partial charge in [-0.3, -0.25) is 14.6 Å². The Morgan fingerprint density at radius 1 is 1.02 bits per heavy atom. The fraction of sp³-hybridized carbons (Fsp3) is 0.385. The summed E-state index contributed by atoms with van der Waals surface area (Å²) in [5, 5.41) is 14.1. The summed E-state index contributed by atoms with van der Waals surface area (Å²) >= 11 is 0. The Morgan fingerprint density at radius 3 is 2.35 bits per heavy atom. The van der Waals surface area contributed by atoms with Gasteiger partial charge >= 0.3 is 6.18 Å². The second-order valence-corrected chi connectivity index (χ2v) is 9.03. The summed E-state index contributed by atoms with van der Waals surface area (Å²) in [5.41, 5.74) is -1.52. The maximum atomic E-state index is 12.7. The van der Waals surface area contributed by atoms with Gasteiger partial charge in [-0.1, -0.05) is 0 Å². The molecule has 0 aromatic carbocycles. The molecule has 14 heteroatoms. The normalized spacial score (nSPS) is 15.2. The van der Waals surface area contributed by atoms with Crippen molar-refractivity contribution in [2.24, 2.45) is 0 Å². The first-order chi connectivity index (χ1) is 19.2. The number of hydrogen-bond donors (Lipinski definition) is 1. The van der Waals surface area contributed by atoms with E-state index in [1.807, 2.05) is 11.2 Å². The van der Waals surface area contributed by atoms with E-state index >= 15 is 0 Å². The van der Waals surface area contributed by atoms with Crippen LogP contribution in [0.2, 0.25) is 0 Å². The lowest BCUT2D eigenvalue weighted by molar-refractivity contribution is -0.138. The highest BCUT2D eigenvalue weighted by atomic mass is 19.4. The maximum Gasteiger partial charge on any atom is 0.423 e. The lowest BCUT2D eigenvalue weighted by Crippen LogP contribution is -2.49. The molecule has 2 aliphatic heterocycles. The summed E-state index contributed by atoms with van der Waals surface area (Å²) in [4.78, 5) is 37.6. The van der Waals surface area contributed by atoms with Gasteiger partial charge < -0.3 is 19.4 Å². The molecular formula is C26H27F3N8O3. The van der Waals surface area contributed by atoms with Crippen molar-refractivity contribution >= 4 is 17.4 Å². The SMILES string of the molecule is COc1ccnc(C(=O)N2CCN(c3ccc(C#N)cn3)CC2)c1.O=c1[nH]ncc(N2CCCC2)c1C(F)(F)F. The third-order valence-corrected chi connectivity index (χ3v) is 6.52.